The molecule has 0 spiro atoms. The fourth-order valence-corrected chi connectivity index (χ4v) is 2.36. The summed E-state index contributed by atoms with van der Waals surface area (Å²) in [6.45, 7) is 10.8. The molecule has 0 unspecified atom stereocenters. The third kappa shape index (κ3) is 9.05. The summed E-state index contributed by atoms with van der Waals surface area (Å²) in [6.07, 6.45) is 1.93. The molecule has 0 bridgehead atoms. The lowest BCUT2D eigenvalue weighted by atomic mass is 9.95. The van der Waals surface area contributed by atoms with Crippen molar-refractivity contribution in [2.24, 2.45) is 11.8 Å². The summed E-state index contributed by atoms with van der Waals surface area (Å²) in [5.41, 5.74) is 1.95. The summed E-state index contributed by atoms with van der Waals surface area (Å²) in [4.78, 5) is 23.3. The number of ketones is 1. The molecule has 0 fully saturated rings. The normalized spacial score (nSPS) is 11.8. The topological polar surface area (TPSA) is 64.6 Å². The van der Waals surface area contributed by atoms with E-state index in [4.69, 9.17) is 9.47 Å². The summed E-state index contributed by atoms with van der Waals surface area (Å²) in [5.74, 6) is 0.691. The number of ether oxygens (including phenoxy) is 2. The number of Topliss-reactive ketones (excluding diaryl/α,β-unsaturated/α-hetero) is 1. The van der Waals surface area contributed by atoms with Gasteiger partial charge >= 0.3 is 6.09 Å². The number of benzene rings is 1. The number of rotatable bonds is 11. The summed E-state index contributed by atoms with van der Waals surface area (Å²) in [6, 6.07) is 7.67. The van der Waals surface area contributed by atoms with Crippen molar-refractivity contribution in [3.63, 3.8) is 0 Å². The van der Waals surface area contributed by atoms with Crippen LogP contribution in [0, 0.1) is 11.8 Å². The molecule has 1 N–H and O–H groups in total. The Labute approximate surface area is 150 Å². The van der Waals surface area contributed by atoms with Crippen LogP contribution in [0.25, 0.3) is 0 Å². The molecule has 25 heavy (non-hydrogen) atoms. The molecule has 0 heterocycles. The smallest absolute Gasteiger partial charge is 0.407 e. The lowest BCUT2D eigenvalue weighted by Crippen LogP contribution is -2.23. The van der Waals surface area contributed by atoms with Crippen molar-refractivity contribution in [3.05, 3.63) is 48.0 Å². The van der Waals surface area contributed by atoms with Crippen LogP contribution in [0.5, 0.6) is 0 Å². The Morgan fingerprint density at radius 3 is 2.40 bits per heavy atom. The second-order valence-electron chi connectivity index (χ2n) is 6.55. The molecular weight excluding hydrogens is 318 g/mol. The maximum Gasteiger partial charge on any atom is 0.407 e. The first-order chi connectivity index (χ1) is 11.9. The van der Waals surface area contributed by atoms with Gasteiger partial charge in [0.25, 0.3) is 0 Å². The minimum absolute atomic E-state index is 0.0364. The zero-order valence-corrected chi connectivity index (χ0v) is 15.4. The zero-order chi connectivity index (χ0) is 18.7. The van der Waals surface area contributed by atoms with Crippen molar-refractivity contribution >= 4 is 11.9 Å². The Balaban J connectivity index is 2.31. The number of carbonyl (C=O) groups is 2. The maximum atomic E-state index is 12.0. The van der Waals surface area contributed by atoms with E-state index in [1.54, 1.807) is 0 Å². The van der Waals surface area contributed by atoms with Gasteiger partial charge in [-0.15, -0.1) is 0 Å². The molecule has 1 aromatic rings. The van der Waals surface area contributed by atoms with E-state index < -0.39 is 6.09 Å². The average molecular weight is 347 g/mol. The molecule has 0 aliphatic rings. The minimum atomic E-state index is -0.471. The van der Waals surface area contributed by atoms with E-state index >= 15 is 0 Å². The summed E-state index contributed by atoms with van der Waals surface area (Å²) in [5, 5.41) is 2.65. The first-order valence-electron chi connectivity index (χ1n) is 8.62. The van der Waals surface area contributed by atoms with Gasteiger partial charge in [-0.25, -0.2) is 4.79 Å². The number of hydrogen-bond donors (Lipinski definition) is 1. The Hall–Kier alpha value is -2.14. The highest BCUT2D eigenvalue weighted by atomic mass is 16.5. The van der Waals surface area contributed by atoms with Crippen molar-refractivity contribution in [1.29, 1.82) is 0 Å². The fraction of sp³-hybridized carbons (Fsp3) is 0.500. The third-order valence-corrected chi connectivity index (χ3v) is 3.68. The van der Waals surface area contributed by atoms with Gasteiger partial charge < -0.3 is 14.8 Å². The molecule has 0 saturated heterocycles. The van der Waals surface area contributed by atoms with Gasteiger partial charge in [0.05, 0.1) is 6.61 Å². The van der Waals surface area contributed by atoms with Crippen molar-refractivity contribution in [2.75, 3.05) is 13.2 Å². The van der Waals surface area contributed by atoms with Crippen LogP contribution in [0.15, 0.2) is 36.9 Å². The van der Waals surface area contributed by atoms with E-state index in [0.717, 1.165) is 17.5 Å². The van der Waals surface area contributed by atoms with Crippen LogP contribution in [0.4, 0.5) is 4.79 Å². The van der Waals surface area contributed by atoms with E-state index in [9.17, 15) is 9.59 Å². The van der Waals surface area contributed by atoms with E-state index in [2.05, 4.69) is 25.7 Å². The first-order valence-corrected chi connectivity index (χ1v) is 8.62. The summed E-state index contributed by atoms with van der Waals surface area (Å²) >= 11 is 0. The highest BCUT2D eigenvalue weighted by Gasteiger charge is 2.14. The lowest BCUT2D eigenvalue weighted by Gasteiger charge is -2.13. The van der Waals surface area contributed by atoms with E-state index in [1.807, 2.05) is 31.2 Å². The number of carbonyl (C=O) groups excluding carboxylic acids is 2. The molecule has 0 saturated carbocycles. The lowest BCUT2D eigenvalue weighted by molar-refractivity contribution is -0.127. The number of amides is 1. The number of nitrogens with one attached hydrogen (secondary N) is 1. The van der Waals surface area contributed by atoms with Crippen molar-refractivity contribution < 1.29 is 19.1 Å². The van der Waals surface area contributed by atoms with Crippen molar-refractivity contribution in [2.45, 2.75) is 40.3 Å². The molecule has 1 atom stereocenters. The van der Waals surface area contributed by atoms with Crippen LogP contribution in [0.2, 0.25) is 0 Å². The Kier molecular flexibility index (Phi) is 9.55. The van der Waals surface area contributed by atoms with Gasteiger partial charge in [0.15, 0.2) is 5.78 Å². The number of alkyl carbamates (subject to hydrolysis) is 1. The second-order valence-corrected chi connectivity index (χ2v) is 6.55. The monoisotopic (exact) mass is 347 g/mol. The van der Waals surface area contributed by atoms with E-state index in [-0.39, 0.29) is 24.9 Å². The fourth-order valence-electron chi connectivity index (χ4n) is 2.36. The largest absolute Gasteiger partial charge is 0.445 e. The first kappa shape index (κ1) is 20.9. The van der Waals surface area contributed by atoms with E-state index in [0.29, 0.717) is 19.1 Å². The third-order valence-electron chi connectivity index (χ3n) is 3.68. The van der Waals surface area contributed by atoms with Crippen molar-refractivity contribution in [3.8, 4) is 0 Å². The van der Waals surface area contributed by atoms with Gasteiger partial charge in [0.1, 0.15) is 13.2 Å². The van der Waals surface area contributed by atoms with Gasteiger partial charge in [0.2, 0.25) is 0 Å². The van der Waals surface area contributed by atoms with Gasteiger partial charge in [-0.1, -0.05) is 57.7 Å². The highest BCUT2D eigenvalue weighted by molar-refractivity contribution is 5.81. The van der Waals surface area contributed by atoms with Gasteiger partial charge in [-0.2, -0.15) is 0 Å². The van der Waals surface area contributed by atoms with Crippen LogP contribution in [-0.4, -0.2) is 25.1 Å². The molecule has 0 aromatic heterocycles. The van der Waals surface area contributed by atoms with Crippen molar-refractivity contribution in [1.82, 2.24) is 5.32 Å². The minimum Gasteiger partial charge on any atom is -0.445 e. The Morgan fingerprint density at radius 1 is 1.16 bits per heavy atom. The van der Waals surface area contributed by atoms with Crippen LogP contribution >= 0.6 is 0 Å². The molecule has 0 radical (unpaired) electrons. The predicted molar refractivity (Wildman–Crippen MR) is 98.1 cm³/mol. The maximum absolute atomic E-state index is 12.0. The average Bonchev–Trinajstić information content (AvgIpc) is 2.58. The van der Waals surface area contributed by atoms with Gasteiger partial charge in [0, 0.05) is 12.5 Å². The van der Waals surface area contributed by atoms with Gasteiger partial charge in [-0.05, 0) is 23.5 Å². The molecule has 5 nitrogen and oxygen atoms in total. The Morgan fingerprint density at radius 2 is 1.80 bits per heavy atom. The highest BCUT2D eigenvalue weighted by Crippen LogP contribution is 2.12. The second kappa shape index (κ2) is 11.4. The SMILES string of the molecule is C=CCOC(=O)NCc1ccc(COCC(=O)[C@H](C)CC(C)C)cc1. The van der Waals surface area contributed by atoms with Crippen LogP contribution < -0.4 is 5.32 Å². The number of hydrogen-bond acceptors (Lipinski definition) is 4. The molecule has 0 aliphatic carbocycles. The summed E-state index contributed by atoms with van der Waals surface area (Å²) in [7, 11) is 0. The molecule has 5 heteroatoms. The van der Waals surface area contributed by atoms with Gasteiger partial charge in [-0.3, -0.25) is 4.79 Å². The molecule has 0 aliphatic heterocycles. The zero-order valence-electron chi connectivity index (χ0n) is 15.4. The molecule has 1 rings (SSSR count). The standard InChI is InChI=1S/C20H29NO4/c1-5-10-25-20(23)21-12-17-6-8-18(9-7-17)13-24-14-19(22)16(4)11-15(2)3/h5-9,15-16H,1,10-14H2,2-4H3,(H,21,23)/t16-/m1/s1. The summed E-state index contributed by atoms with van der Waals surface area (Å²) < 4.78 is 10.4. The van der Waals surface area contributed by atoms with Crippen LogP contribution in [0.1, 0.15) is 38.3 Å². The Bertz CT molecular complexity index is 551. The van der Waals surface area contributed by atoms with E-state index in [1.165, 1.54) is 6.08 Å². The molecular formula is C20H29NO4. The molecule has 138 valence electrons. The predicted octanol–water partition coefficient (Wildman–Crippen LogP) is 3.87. The molecule has 1 aromatic carbocycles. The quantitative estimate of drug-likeness (QED) is 0.617. The van der Waals surface area contributed by atoms with Crippen LogP contribution in [0.3, 0.4) is 0 Å². The van der Waals surface area contributed by atoms with Crippen LogP contribution in [-0.2, 0) is 27.4 Å². The molecule has 1 amide bonds.